The molecule has 0 saturated heterocycles. The van der Waals surface area contributed by atoms with E-state index in [1.807, 2.05) is 19.1 Å². The second-order valence-electron chi connectivity index (χ2n) is 4.65. The molecule has 0 aliphatic rings. The number of halogens is 1. The van der Waals surface area contributed by atoms with Gasteiger partial charge in [0.15, 0.2) is 9.84 Å². The highest BCUT2D eigenvalue weighted by Crippen LogP contribution is 2.19. The topological polar surface area (TPSA) is 59.1 Å². The van der Waals surface area contributed by atoms with Crippen molar-refractivity contribution in [3.05, 3.63) is 22.3 Å². The molecule has 0 spiro atoms. The van der Waals surface area contributed by atoms with Gasteiger partial charge >= 0.3 is 0 Å². The summed E-state index contributed by atoms with van der Waals surface area (Å²) in [4.78, 5) is 4.31. The highest BCUT2D eigenvalue weighted by Gasteiger charge is 2.29. The van der Waals surface area contributed by atoms with Crippen molar-refractivity contribution in [2.75, 3.05) is 18.1 Å². The zero-order valence-electron chi connectivity index (χ0n) is 10.4. The highest BCUT2D eigenvalue weighted by atomic mass is 79.9. The van der Waals surface area contributed by atoms with Crippen molar-refractivity contribution in [3.63, 3.8) is 0 Å². The second kappa shape index (κ2) is 4.94. The summed E-state index contributed by atoms with van der Waals surface area (Å²) in [5.41, 5.74) is 0.868. The van der Waals surface area contributed by atoms with Crippen LogP contribution in [0.2, 0.25) is 0 Å². The third-order valence-corrected chi connectivity index (χ3v) is 5.71. The molecule has 96 valence electrons. The summed E-state index contributed by atoms with van der Waals surface area (Å²) in [6.45, 7) is 5.61. The smallest absolute Gasteiger partial charge is 0.154 e. The van der Waals surface area contributed by atoms with Crippen molar-refractivity contribution >= 4 is 31.6 Å². The standard InChI is InChI=1S/C11H17BrN2O2S/c1-8-9(12)5-6-10(14-8)13-7-11(2,3)17(4,15)16/h5-6H,7H2,1-4H3,(H,13,14). The van der Waals surface area contributed by atoms with Crippen molar-refractivity contribution in [3.8, 4) is 0 Å². The Kier molecular flexibility index (Phi) is 4.19. The van der Waals surface area contributed by atoms with Gasteiger partial charge in [0.1, 0.15) is 5.82 Å². The molecule has 0 atom stereocenters. The minimum absolute atomic E-state index is 0.333. The summed E-state index contributed by atoms with van der Waals surface area (Å²) in [6.07, 6.45) is 1.24. The van der Waals surface area contributed by atoms with Crippen molar-refractivity contribution in [1.29, 1.82) is 0 Å². The van der Waals surface area contributed by atoms with E-state index in [1.54, 1.807) is 13.8 Å². The molecule has 0 bridgehead atoms. The number of pyridine rings is 1. The van der Waals surface area contributed by atoms with E-state index in [9.17, 15) is 8.42 Å². The number of anilines is 1. The molecule has 1 rings (SSSR count). The first-order valence-electron chi connectivity index (χ1n) is 5.20. The molecule has 1 aromatic rings. The fourth-order valence-electron chi connectivity index (χ4n) is 1.08. The van der Waals surface area contributed by atoms with Crippen LogP contribution in [-0.4, -0.2) is 30.9 Å². The molecular weight excluding hydrogens is 304 g/mol. The second-order valence-corrected chi connectivity index (χ2v) is 8.15. The van der Waals surface area contributed by atoms with Gasteiger partial charge in [-0.3, -0.25) is 0 Å². The fourth-order valence-corrected chi connectivity index (χ4v) is 1.63. The number of nitrogens with one attached hydrogen (secondary N) is 1. The Balaban J connectivity index is 2.78. The van der Waals surface area contributed by atoms with Crippen molar-refractivity contribution in [1.82, 2.24) is 4.98 Å². The predicted molar refractivity (Wildman–Crippen MR) is 74.1 cm³/mol. The van der Waals surface area contributed by atoms with Gasteiger partial charge in [0.25, 0.3) is 0 Å². The van der Waals surface area contributed by atoms with Gasteiger partial charge in [-0.2, -0.15) is 0 Å². The lowest BCUT2D eigenvalue weighted by Crippen LogP contribution is -2.38. The number of hydrogen-bond donors (Lipinski definition) is 1. The van der Waals surface area contributed by atoms with Crippen molar-refractivity contribution < 1.29 is 8.42 Å². The number of hydrogen-bond acceptors (Lipinski definition) is 4. The SMILES string of the molecule is Cc1nc(NCC(C)(C)S(C)(=O)=O)ccc1Br. The zero-order valence-corrected chi connectivity index (χ0v) is 12.8. The van der Waals surface area contributed by atoms with Crippen LogP contribution in [-0.2, 0) is 9.84 Å². The molecule has 0 aliphatic carbocycles. The molecule has 6 heteroatoms. The van der Waals surface area contributed by atoms with Crippen LogP contribution in [0.5, 0.6) is 0 Å². The largest absolute Gasteiger partial charge is 0.368 e. The Labute approximate surface area is 111 Å². The lowest BCUT2D eigenvalue weighted by molar-refractivity contribution is 0.559. The summed E-state index contributed by atoms with van der Waals surface area (Å²) in [6, 6.07) is 3.70. The molecule has 1 aromatic heterocycles. The molecule has 0 unspecified atom stereocenters. The Hall–Kier alpha value is -0.620. The van der Waals surface area contributed by atoms with Gasteiger partial charge in [-0.05, 0) is 48.8 Å². The van der Waals surface area contributed by atoms with Crippen LogP contribution >= 0.6 is 15.9 Å². The molecule has 0 aromatic carbocycles. The molecule has 1 N–H and O–H groups in total. The molecular formula is C11H17BrN2O2S. The van der Waals surface area contributed by atoms with Gasteiger partial charge in [0.05, 0.1) is 10.4 Å². The third-order valence-electron chi connectivity index (χ3n) is 2.72. The Morgan fingerprint density at radius 3 is 2.47 bits per heavy atom. The van der Waals surface area contributed by atoms with E-state index >= 15 is 0 Å². The molecule has 4 nitrogen and oxygen atoms in total. The minimum atomic E-state index is -3.09. The Morgan fingerprint density at radius 1 is 1.41 bits per heavy atom. The van der Waals surface area contributed by atoms with Gasteiger partial charge in [0.2, 0.25) is 0 Å². The molecule has 0 fully saturated rings. The summed E-state index contributed by atoms with van der Waals surface area (Å²) in [7, 11) is -3.09. The van der Waals surface area contributed by atoms with Crippen LogP contribution in [0.25, 0.3) is 0 Å². The number of sulfone groups is 1. The van der Waals surface area contributed by atoms with Crippen molar-refractivity contribution in [2.24, 2.45) is 0 Å². The number of aromatic nitrogens is 1. The summed E-state index contributed by atoms with van der Waals surface area (Å²) >= 11 is 3.37. The van der Waals surface area contributed by atoms with Crippen LogP contribution in [0.4, 0.5) is 5.82 Å². The number of rotatable bonds is 4. The summed E-state index contributed by atoms with van der Waals surface area (Å²) in [5, 5.41) is 3.05. The molecule has 0 amide bonds. The molecule has 0 radical (unpaired) electrons. The van der Waals surface area contributed by atoms with E-state index in [0.717, 1.165) is 10.2 Å². The van der Waals surface area contributed by atoms with Gasteiger partial charge in [-0.25, -0.2) is 13.4 Å². The van der Waals surface area contributed by atoms with Crippen LogP contribution in [0.15, 0.2) is 16.6 Å². The normalized spacial score (nSPS) is 12.5. The van der Waals surface area contributed by atoms with Gasteiger partial charge < -0.3 is 5.32 Å². The first-order valence-corrected chi connectivity index (χ1v) is 7.88. The minimum Gasteiger partial charge on any atom is -0.368 e. The lowest BCUT2D eigenvalue weighted by atomic mass is 10.2. The molecule has 17 heavy (non-hydrogen) atoms. The van der Waals surface area contributed by atoms with E-state index < -0.39 is 14.6 Å². The Morgan fingerprint density at radius 2 is 2.00 bits per heavy atom. The molecule has 0 aliphatic heterocycles. The van der Waals surface area contributed by atoms with E-state index in [1.165, 1.54) is 6.26 Å². The van der Waals surface area contributed by atoms with E-state index in [0.29, 0.717) is 12.4 Å². The average molecular weight is 321 g/mol. The van der Waals surface area contributed by atoms with Crippen LogP contribution in [0.1, 0.15) is 19.5 Å². The predicted octanol–water partition coefficient (Wildman–Crippen LogP) is 2.39. The van der Waals surface area contributed by atoms with E-state index in [4.69, 9.17) is 0 Å². The maximum absolute atomic E-state index is 11.5. The van der Waals surface area contributed by atoms with Crippen LogP contribution in [0.3, 0.4) is 0 Å². The van der Waals surface area contributed by atoms with Gasteiger partial charge in [-0.1, -0.05) is 0 Å². The van der Waals surface area contributed by atoms with Crippen molar-refractivity contribution in [2.45, 2.75) is 25.5 Å². The Bertz CT molecular complexity index is 512. The van der Waals surface area contributed by atoms with E-state index in [-0.39, 0.29) is 0 Å². The lowest BCUT2D eigenvalue weighted by Gasteiger charge is -2.23. The summed E-state index contributed by atoms with van der Waals surface area (Å²) < 4.78 is 23.2. The third kappa shape index (κ3) is 3.67. The highest BCUT2D eigenvalue weighted by molar-refractivity contribution is 9.10. The molecule has 0 saturated carbocycles. The summed E-state index contributed by atoms with van der Waals surface area (Å²) in [5.74, 6) is 0.683. The fraction of sp³-hybridized carbons (Fsp3) is 0.545. The molecule has 1 heterocycles. The monoisotopic (exact) mass is 320 g/mol. The van der Waals surface area contributed by atoms with Crippen LogP contribution in [0, 0.1) is 6.92 Å². The maximum Gasteiger partial charge on any atom is 0.154 e. The average Bonchev–Trinajstić information content (AvgIpc) is 2.18. The maximum atomic E-state index is 11.5. The zero-order chi connectivity index (χ0) is 13.3. The van der Waals surface area contributed by atoms with E-state index in [2.05, 4.69) is 26.2 Å². The first kappa shape index (κ1) is 14.4. The number of aryl methyl sites for hydroxylation is 1. The first-order chi connectivity index (χ1) is 7.63. The van der Waals surface area contributed by atoms with Gasteiger partial charge in [0, 0.05) is 17.3 Å². The number of nitrogens with zero attached hydrogens (tertiary/aromatic N) is 1. The van der Waals surface area contributed by atoms with Crippen LogP contribution < -0.4 is 5.32 Å². The van der Waals surface area contributed by atoms with Gasteiger partial charge in [-0.15, -0.1) is 0 Å². The quantitative estimate of drug-likeness (QED) is 0.925.